The van der Waals surface area contributed by atoms with Crippen LogP contribution in [-0.4, -0.2) is 28.4 Å². The summed E-state index contributed by atoms with van der Waals surface area (Å²) in [6, 6.07) is 6.74. The van der Waals surface area contributed by atoms with Gasteiger partial charge < -0.3 is 29.2 Å². The molecule has 1 aromatic heterocycles. The summed E-state index contributed by atoms with van der Waals surface area (Å²) in [7, 11) is 1.21. The van der Waals surface area contributed by atoms with Crippen molar-refractivity contribution >= 4 is 16.9 Å². The monoisotopic (exact) mass is 358 g/mol. The Bertz CT molecular complexity index is 1060. The second-order valence-corrected chi connectivity index (χ2v) is 5.38. The number of phenolic OH excluding ortho intramolecular Hbond substituents is 3. The van der Waals surface area contributed by atoms with Crippen LogP contribution in [0.4, 0.5) is 0 Å². The Morgan fingerprint density at radius 1 is 1.08 bits per heavy atom. The lowest BCUT2D eigenvalue weighted by Gasteiger charge is -2.12. The molecule has 0 saturated carbocycles. The van der Waals surface area contributed by atoms with E-state index in [0.29, 0.717) is 5.56 Å². The maximum atomic E-state index is 12.8. The quantitative estimate of drug-likeness (QED) is 0.610. The van der Waals surface area contributed by atoms with Gasteiger partial charge in [0.05, 0.1) is 7.11 Å². The molecule has 0 aliphatic rings. The molecule has 0 unspecified atom stereocenters. The Labute approximate surface area is 146 Å². The molecule has 0 fully saturated rings. The van der Waals surface area contributed by atoms with Crippen molar-refractivity contribution in [3.8, 4) is 40.1 Å². The van der Waals surface area contributed by atoms with Gasteiger partial charge in [-0.1, -0.05) is 0 Å². The normalized spacial score (nSPS) is 10.7. The molecule has 0 saturated heterocycles. The first-order chi connectivity index (χ1) is 12.3. The molecule has 0 amide bonds. The maximum absolute atomic E-state index is 12.8. The number of carbonyl (C=O) groups is 1. The molecular formula is C18H14O8. The second-order valence-electron chi connectivity index (χ2n) is 5.38. The van der Waals surface area contributed by atoms with Gasteiger partial charge >= 0.3 is 5.97 Å². The van der Waals surface area contributed by atoms with Gasteiger partial charge in [0.2, 0.25) is 16.9 Å². The number of fused-ring (bicyclic) bond motifs is 1. The summed E-state index contributed by atoms with van der Waals surface area (Å²) in [5.74, 6) is -2.68. The average Bonchev–Trinajstić information content (AvgIpc) is 2.57. The zero-order valence-electron chi connectivity index (χ0n) is 13.8. The van der Waals surface area contributed by atoms with Crippen LogP contribution in [0.15, 0.2) is 39.5 Å². The van der Waals surface area contributed by atoms with Crippen molar-refractivity contribution in [3.05, 3.63) is 40.6 Å². The maximum Gasteiger partial charge on any atom is 0.308 e. The van der Waals surface area contributed by atoms with Crippen LogP contribution < -0.4 is 14.9 Å². The molecule has 0 aliphatic heterocycles. The summed E-state index contributed by atoms with van der Waals surface area (Å²) < 4.78 is 15.5. The van der Waals surface area contributed by atoms with Crippen molar-refractivity contribution < 1.29 is 34.0 Å². The van der Waals surface area contributed by atoms with Crippen LogP contribution in [0.1, 0.15) is 6.92 Å². The van der Waals surface area contributed by atoms with Crippen molar-refractivity contribution in [2.45, 2.75) is 6.92 Å². The first-order valence-corrected chi connectivity index (χ1v) is 7.41. The summed E-state index contributed by atoms with van der Waals surface area (Å²) in [5, 5.41) is 29.3. The lowest BCUT2D eigenvalue weighted by molar-refractivity contribution is -0.132. The Morgan fingerprint density at radius 2 is 1.73 bits per heavy atom. The Balaban J connectivity index is 2.42. The zero-order valence-corrected chi connectivity index (χ0v) is 13.8. The van der Waals surface area contributed by atoms with Crippen LogP contribution in [0.5, 0.6) is 28.7 Å². The third-order valence-corrected chi connectivity index (χ3v) is 3.63. The van der Waals surface area contributed by atoms with Crippen LogP contribution in [0.3, 0.4) is 0 Å². The molecule has 3 rings (SSSR count). The molecule has 134 valence electrons. The average molecular weight is 358 g/mol. The van der Waals surface area contributed by atoms with Gasteiger partial charge in [0, 0.05) is 18.6 Å². The standard InChI is InChI=1S/C18H14O8/c1-8(19)25-18-15(23)13-12(7-11(21)17(24-2)14(13)22)26-16(18)9-3-5-10(20)6-4-9/h3-7,20-22H,1-2H3. The number of aromatic hydroxyl groups is 3. The zero-order chi connectivity index (χ0) is 19.0. The third kappa shape index (κ3) is 2.77. The van der Waals surface area contributed by atoms with E-state index in [1.54, 1.807) is 0 Å². The fraction of sp³-hybridized carbons (Fsp3) is 0.111. The molecule has 8 heteroatoms. The largest absolute Gasteiger partial charge is 0.508 e. The number of hydrogen-bond donors (Lipinski definition) is 3. The Kier molecular flexibility index (Phi) is 4.17. The highest BCUT2D eigenvalue weighted by atomic mass is 16.5. The van der Waals surface area contributed by atoms with E-state index >= 15 is 0 Å². The van der Waals surface area contributed by atoms with Gasteiger partial charge in [-0.3, -0.25) is 9.59 Å². The predicted octanol–water partition coefficient (Wildman–Crippen LogP) is 2.51. The SMILES string of the molecule is COc1c(O)cc2oc(-c3ccc(O)cc3)c(OC(C)=O)c(=O)c2c1O. The van der Waals surface area contributed by atoms with Crippen LogP contribution in [0, 0.1) is 0 Å². The van der Waals surface area contributed by atoms with Crippen LogP contribution >= 0.6 is 0 Å². The van der Waals surface area contributed by atoms with E-state index in [4.69, 9.17) is 13.9 Å². The number of methoxy groups -OCH3 is 1. The lowest BCUT2D eigenvalue weighted by Crippen LogP contribution is -2.13. The van der Waals surface area contributed by atoms with Crippen molar-refractivity contribution in [1.29, 1.82) is 0 Å². The summed E-state index contributed by atoms with van der Waals surface area (Å²) in [5.41, 5.74) is -0.613. The van der Waals surface area contributed by atoms with Crippen molar-refractivity contribution in [1.82, 2.24) is 0 Å². The second kappa shape index (κ2) is 6.32. The van der Waals surface area contributed by atoms with Gasteiger partial charge in [-0.15, -0.1) is 0 Å². The van der Waals surface area contributed by atoms with Gasteiger partial charge in [-0.25, -0.2) is 0 Å². The minimum Gasteiger partial charge on any atom is -0.508 e. The molecule has 8 nitrogen and oxygen atoms in total. The summed E-state index contributed by atoms with van der Waals surface area (Å²) >= 11 is 0. The number of hydrogen-bond acceptors (Lipinski definition) is 8. The third-order valence-electron chi connectivity index (χ3n) is 3.63. The molecule has 0 atom stereocenters. The first-order valence-electron chi connectivity index (χ1n) is 7.41. The van der Waals surface area contributed by atoms with Crippen LogP contribution in [-0.2, 0) is 4.79 Å². The number of esters is 1. The first kappa shape index (κ1) is 17.2. The van der Waals surface area contributed by atoms with Crippen LogP contribution in [0.2, 0.25) is 0 Å². The molecular weight excluding hydrogens is 344 g/mol. The van der Waals surface area contributed by atoms with E-state index in [1.165, 1.54) is 31.4 Å². The van der Waals surface area contributed by atoms with Gasteiger partial charge in [0.25, 0.3) is 0 Å². The minimum absolute atomic E-state index is 0.00838. The molecule has 3 aromatic rings. The predicted molar refractivity (Wildman–Crippen MR) is 90.8 cm³/mol. The number of carbonyl (C=O) groups excluding carboxylic acids is 1. The summed E-state index contributed by atoms with van der Waals surface area (Å²) in [6.45, 7) is 1.11. The molecule has 3 N–H and O–H groups in total. The fourth-order valence-corrected chi connectivity index (χ4v) is 2.53. The molecule has 1 heterocycles. The Morgan fingerprint density at radius 3 is 2.31 bits per heavy atom. The number of ether oxygens (including phenoxy) is 2. The fourth-order valence-electron chi connectivity index (χ4n) is 2.53. The lowest BCUT2D eigenvalue weighted by atomic mass is 10.1. The van der Waals surface area contributed by atoms with E-state index in [-0.39, 0.29) is 28.2 Å². The van der Waals surface area contributed by atoms with Gasteiger partial charge in [0.15, 0.2) is 17.3 Å². The number of rotatable bonds is 3. The molecule has 0 spiro atoms. The smallest absolute Gasteiger partial charge is 0.308 e. The highest BCUT2D eigenvalue weighted by molar-refractivity contribution is 5.92. The van der Waals surface area contributed by atoms with E-state index in [9.17, 15) is 24.9 Å². The Hall–Kier alpha value is -3.68. The van der Waals surface area contributed by atoms with Crippen molar-refractivity contribution in [2.75, 3.05) is 7.11 Å². The molecule has 26 heavy (non-hydrogen) atoms. The van der Waals surface area contributed by atoms with E-state index in [1.807, 2.05) is 0 Å². The highest BCUT2D eigenvalue weighted by Crippen LogP contribution is 2.43. The van der Waals surface area contributed by atoms with Crippen molar-refractivity contribution in [2.24, 2.45) is 0 Å². The number of benzene rings is 2. The topological polar surface area (TPSA) is 126 Å². The molecule has 2 aromatic carbocycles. The van der Waals surface area contributed by atoms with E-state index in [2.05, 4.69) is 0 Å². The van der Waals surface area contributed by atoms with Gasteiger partial charge in [-0.2, -0.15) is 0 Å². The van der Waals surface area contributed by atoms with Gasteiger partial charge in [-0.05, 0) is 24.3 Å². The molecule has 0 bridgehead atoms. The van der Waals surface area contributed by atoms with Crippen LogP contribution in [0.25, 0.3) is 22.3 Å². The minimum atomic E-state index is -0.819. The summed E-state index contributed by atoms with van der Waals surface area (Å²) in [4.78, 5) is 24.3. The van der Waals surface area contributed by atoms with Gasteiger partial charge in [0.1, 0.15) is 16.7 Å². The van der Waals surface area contributed by atoms with E-state index in [0.717, 1.165) is 13.0 Å². The molecule has 0 aliphatic carbocycles. The highest BCUT2D eigenvalue weighted by Gasteiger charge is 2.24. The van der Waals surface area contributed by atoms with E-state index < -0.39 is 28.6 Å². The molecule has 0 radical (unpaired) electrons. The number of phenols is 3. The van der Waals surface area contributed by atoms with Crippen molar-refractivity contribution in [3.63, 3.8) is 0 Å². The summed E-state index contributed by atoms with van der Waals surface area (Å²) in [6.07, 6.45) is 0.